The number of ether oxygens (including phenoxy) is 1. The summed E-state index contributed by atoms with van der Waals surface area (Å²) in [6.45, 7) is 3.38. The van der Waals surface area contributed by atoms with Crippen molar-refractivity contribution in [2.75, 3.05) is 6.61 Å². The van der Waals surface area contributed by atoms with Crippen LogP contribution in [0.4, 0.5) is 0 Å². The van der Waals surface area contributed by atoms with Crippen LogP contribution in [0.3, 0.4) is 0 Å². The topological polar surface area (TPSA) is 71.2 Å². The Morgan fingerprint density at radius 3 is 2.86 bits per heavy atom. The molecule has 0 fully saturated rings. The van der Waals surface area contributed by atoms with Gasteiger partial charge in [0.05, 0.1) is 6.61 Å². The fraction of sp³-hybridized carbons (Fsp3) is 0.333. The quantitative estimate of drug-likeness (QED) is 0.833. The number of carbonyl (C=O) groups is 2. The van der Waals surface area contributed by atoms with Gasteiger partial charge in [0.2, 0.25) is 5.91 Å². The van der Waals surface area contributed by atoms with Gasteiger partial charge < -0.3 is 15.0 Å². The van der Waals surface area contributed by atoms with Crippen LogP contribution in [0.15, 0.2) is 24.4 Å². The zero-order chi connectivity index (χ0) is 15.4. The van der Waals surface area contributed by atoms with Gasteiger partial charge in [-0.05, 0) is 24.6 Å². The van der Waals surface area contributed by atoms with E-state index in [1.54, 1.807) is 13.0 Å². The highest BCUT2D eigenvalue weighted by atomic mass is 35.5. The molecule has 2 aromatic rings. The smallest absolute Gasteiger partial charge is 0.328 e. The van der Waals surface area contributed by atoms with E-state index in [4.69, 9.17) is 16.3 Å². The molecule has 21 heavy (non-hydrogen) atoms. The van der Waals surface area contributed by atoms with Gasteiger partial charge in [0.15, 0.2) is 0 Å². The number of hydrogen-bond donors (Lipinski definition) is 2. The van der Waals surface area contributed by atoms with Crippen LogP contribution < -0.4 is 5.32 Å². The average Bonchev–Trinajstić information content (AvgIpc) is 2.80. The Hall–Kier alpha value is -2.01. The largest absolute Gasteiger partial charge is 0.464 e. The van der Waals surface area contributed by atoms with Crippen LogP contribution in [-0.4, -0.2) is 29.5 Å². The zero-order valence-electron chi connectivity index (χ0n) is 11.9. The highest BCUT2D eigenvalue weighted by Gasteiger charge is 2.22. The lowest BCUT2D eigenvalue weighted by molar-refractivity contribution is -0.147. The van der Waals surface area contributed by atoms with Crippen LogP contribution in [0.1, 0.15) is 19.4 Å². The number of halogens is 1. The van der Waals surface area contributed by atoms with E-state index in [1.807, 2.05) is 18.3 Å². The molecule has 2 rings (SSSR count). The number of carbonyl (C=O) groups excluding carboxylic acids is 2. The molecular weight excluding hydrogens is 292 g/mol. The van der Waals surface area contributed by atoms with Crippen LogP contribution in [0.25, 0.3) is 10.9 Å². The number of amides is 1. The zero-order valence-corrected chi connectivity index (χ0v) is 12.7. The minimum atomic E-state index is -0.697. The summed E-state index contributed by atoms with van der Waals surface area (Å²) >= 11 is 5.94. The maximum absolute atomic E-state index is 11.9. The Morgan fingerprint density at radius 1 is 1.43 bits per heavy atom. The summed E-state index contributed by atoms with van der Waals surface area (Å²) in [5, 5.41) is 4.24. The molecule has 6 heteroatoms. The summed E-state index contributed by atoms with van der Waals surface area (Å²) in [5.41, 5.74) is 1.82. The third kappa shape index (κ3) is 3.76. The molecule has 1 unspecified atom stereocenters. The second-order valence-electron chi connectivity index (χ2n) is 4.71. The van der Waals surface area contributed by atoms with Gasteiger partial charge in [0.1, 0.15) is 6.04 Å². The number of H-pyrrole nitrogens is 1. The van der Waals surface area contributed by atoms with Crippen LogP contribution in [0.2, 0.25) is 5.02 Å². The third-order valence-electron chi connectivity index (χ3n) is 3.10. The minimum Gasteiger partial charge on any atom is -0.464 e. The normalized spacial score (nSPS) is 12.1. The first kappa shape index (κ1) is 15.4. The average molecular weight is 309 g/mol. The van der Waals surface area contributed by atoms with Crippen molar-refractivity contribution in [2.24, 2.45) is 0 Å². The minimum absolute atomic E-state index is 0.268. The fourth-order valence-electron chi connectivity index (χ4n) is 2.23. The molecule has 0 radical (unpaired) electrons. The molecule has 0 aliphatic rings. The molecule has 0 aliphatic heterocycles. The summed E-state index contributed by atoms with van der Waals surface area (Å²) in [7, 11) is 0. The predicted octanol–water partition coefficient (Wildman–Crippen LogP) is 2.43. The Morgan fingerprint density at radius 2 is 2.19 bits per heavy atom. The van der Waals surface area contributed by atoms with E-state index in [1.165, 1.54) is 6.92 Å². The lowest BCUT2D eigenvalue weighted by atomic mass is 10.0. The van der Waals surface area contributed by atoms with Crippen LogP contribution in [-0.2, 0) is 20.7 Å². The van der Waals surface area contributed by atoms with E-state index in [-0.39, 0.29) is 12.5 Å². The van der Waals surface area contributed by atoms with Crippen molar-refractivity contribution in [3.63, 3.8) is 0 Å². The summed E-state index contributed by atoms with van der Waals surface area (Å²) in [5.74, 6) is -0.702. The molecule has 2 N–H and O–H groups in total. The number of aromatic nitrogens is 1. The Balaban J connectivity index is 2.25. The fourth-order valence-corrected chi connectivity index (χ4v) is 2.40. The monoisotopic (exact) mass is 308 g/mol. The van der Waals surface area contributed by atoms with Gasteiger partial charge in [-0.15, -0.1) is 0 Å². The van der Waals surface area contributed by atoms with Crippen molar-refractivity contribution in [1.82, 2.24) is 10.3 Å². The summed E-state index contributed by atoms with van der Waals surface area (Å²) in [6.07, 6.45) is 2.18. The molecule has 112 valence electrons. The number of benzene rings is 1. The number of aromatic amines is 1. The van der Waals surface area contributed by atoms with Crippen molar-refractivity contribution >= 4 is 34.4 Å². The molecule has 0 saturated carbocycles. The van der Waals surface area contributed by atoms with Crippen molar-refractivity contribution in [3.05, 3.63) is 35.0 Å². The molecule has 1 aromatic heterocycles. The number of rotatable bonds is 5. The van der Waals surface area contributed by atoms with Crippen molar-refractivity contribution in [1.29, 1.82) is 0 Å². The SMILES string of the molecule is CCOC(=O)C(Cc1c[nH]c2cc(Cl)ccc12)NC(C)=O. The maximum Gasteiger partial charge on any atom is 0.328 e. The highest BCUT2D eigenvalue weighted by Crippen LogP contribution is 2.23. The molecule has 0 spiro atoms. The highest BCUT2D eigenvalue weighted by molar-refractivity contribution is 6.31. The molecule has 1 heterocycles. The summed E-state index contributed by atoms with van der Waals surface area (Å²) in [6, 6.07) is 4.80. The van der Waals surface area contributed by atoms with E-state index in [9.17, 15) is 9.59 Å². The first-order chi connectivity index (χ1) is 10.0. The predicted molar refractivity (Wildman–Crippen MR) is 81.3 cm³/mol. The van der Waals surface area contributed by atoms with E-state index in [0.29, 0.717) is 11.4 Å². The third-order valence-corrected chi connectivity index (χ3v) is 3.34. The number of nitrogens with one attached hydrogen (secondary N) is 2. The maximum atomic E-state index is 11.9. The van der Waals surface area contributed by atoms with Gasteiger partial charge >= 0.3 is 5.97 Å². The Bertz CT molecular complexity index is 666. The molecule has 1 aromatic carbocycles. The summed E-state index contributed by atoms with van der Waals surface area (Å²) < 4.78 is 5.00. The molecule has 1 atom stereocenters. The van der Waals surface area contributed by atoms with Crippen molar-refractivity contribution in [3.8, 4) is 0 Å². The number of esters is 1. The van der Waals surface area contributed by atoms with Crippen LogP contribution in [0.5, 0.6) is 0 Å². The van der Waals surface area contributed by atoms with Crippen molar-refractivity contribution in [2.45, 2.75) is 26.3 Å². The van der Waals surface area contributed by atoms with Gasteiger partial charge in [-0.1, -0.05) is 17.7 Å². The Kier molecular flexibility index (Phi) is 4.85. The van der Waals surface area contributed by atoms with E-state index in [2.05, 4.69) is 10.3 Å². The second kappa shape index (κ2) is 6.63. The number of hydrogen-bond acceptors (Lipinski definition) is 3. The van der Waals surface area contributed by atoms with Gasteiger partial charge in [0, 0.05) is 35.5 Å². The standard InChI is InChI=1S/C15H17ClN2O3/c1-3-21-15(20)14(18-9(2)19)6-10-8-17-13-7-11(16)4-5-12(10)13/h4-5,7-8,14,17H,3,6H2,1-2H3,(H,18,19). The Labute approximate surface area is 127 Å². The first-order valence-electron chi connectivity index (χ1n) is 6.70. The van der Waals surface area contributed by atoms with E-state index < -0.39 is 12.0 Å². The van der Waals surface area contributed by atoms with Gasteiger partial charge in [-0.3, -0.25) is 4.79 Å². The van der Waals surface area contributed by atoms with Gasteiger partial charge in [-0.2, -0.15) is 0 Å². The molecule has 1 amide bonds. The molecule has 0 bridgehead atoms. The molecular formula is C15H17ClN2O3. The molecule has 0 aliphatic carbocycles. The molecule has 5 nitrogen and oxygen atoms in total. The van der Waals surface area contributed by atoms with E-state index >= 15 is 0 Å². The lowest BCUT2D eigenvalue weighted by Gasteiger charge is -2.15. The van der Waals surface area contributed by atoms with Gasteiger partial charge in [0.25, 0.3) is 0 Å². The molecule has 0 saturated heterocycles. The van der Waals surface area contributed by atoms with Crippen LogP contribution >= 0.6 is 11.6 Å². The van der Waals surface area contributed by atoms with Crippen LogP contribution in [0, 0.1) is 0 Å². The second-order valence-corrected chi connectivity index (χ2v) is 5.15. The number of fused-ring (bicyclic) bond motifs is 1. The van der Waals surface area contributed by atoms with Crippen molar-refractivity contribution < 1.29 is 14.3 Å². The first-order valence-corrected chi connectivity index (χ1v) is 7.08. The summed E-state index contributed by atoms with van der Waals surface area (Å²) in [4.78, 5) is 26.3. The van der Waals surface area contributed by atoms with Gasteiger partial charge in [-0.25, -0.2) is 4.79 Å². The lowest BCUT2D eigenvalue weighted by Crippen LogP contribution is -2.42. The van der Waals surface area contributed by atoms with E-state index in [0.717, 1.165) is 16.5 Å².